The Kier molecular flexibility index (Phi) is 4.20. The van der Waals surface area contributed by atoms with E-state index in [2.05, 4.69) is 13.8 Å². The zero-order valence-corrected chi connectivity index (χ0v) is 9.14. The van der Waals surface area contributed by atoms with Crippen molar-refractivity contribution in [1.29, 1.82) is 0 Å². The van der Waals surface area contributed by atoms with E-state index in [-0.39, 0.29) is 5.60 Å². The smallest absolute Gasteiger partial charge is 0.0936 e. The lowest BCUT2D eigenvalue weighted by molar-refractivity contribution is -0.181. The molecule has 2 heteroatoms. The number of ether oxygens (including phenoxy) is 2. The standard InChI is InChI=1S/C11H22O2/c1-4-10(2)5-6-11(9-12-3)7-8-13-11/h10H,4-9H2,1-3H3. The molecule has 0 aromatic heterocycles. The maximum absolute atomic E-state index is 5.63. The summed E-state index contributed by atoms with van der Waals surface area (Å²) in [4.78, 5) is 0. The maximum Gasteiger partial charge on any atom is 0.0936 e. The van der Waals surface area contributed by atoms with Crippen molar-refractivity contribution >= 4 is 0 Å². The summed E-state index contributed by atoms with van der Waals surface area (Å²) < 4.78 is 10.8. The van der Waals surface area contributed by atoms with Crippen LogP contribution in [-0.4, -0.2) is 25.9 Å². The van der Waals surface area contributed by atoms with Crippen LogP contribution in [0.4, 0.5) is 0 Å². The van der Waals surface area contributed by atoms with E-state index in [0.29, 0.717) is 0 Å². The molecule has 2 nitrogen and oxygen atoms in total. The highest BCUT2D eigenvalue weighted by atomic mass is 16.6. The van der Waals surface area contributed by atoms with Crippen LogP contribution in [0.1, 0.15) is 39.5 Å². The number of hydrogen-bond acceptors (Lipinski definition) is 2. The van der Waals surface area contributed by atoms with Crippen molar-refractivity contribution < 1.29 is 9.47 Å². The molecule has 78 valence electrons. The largest absolute Gasteiger partial charge is 0.382 e. The van der Waals surface area contributed by atoms with E-state index in [9.17, 15) is 0 Å². The van der Waals surface area contributed by atoms with Gasteiger partial charge >= 0.3 is 0 Å². The van der Waals surface area contributed by atoms with E-state index in [0.717, 1.165) is 25.6 Å². The first kappa shape index (κ1) is 11.0. The quantitative estimate of drug-likeness (QED) is 0.635. The highest BCUT2D eigenvalue weighted by Gasteiger charge is 2.38. The molecular formula is C11H22O2. The average molecular weight is 186 g/mol. The minimum Gasteiger partial charge on any atom is -0.382 e. The van der Waals surface area contributed by atoms with Gasteiger partial charge in [-0.25, -0.2) is 0 Å². The molecule has 0 N–H and O–H groups in total. The SMILES string of the molecule is CCC(C)CCC1(COC)CCO1. The Labute approximate surface area is 81.6 Å². The van der Waals surface area contributed by atoms with Gasteiger partial charge in [-0.2, -0.15) is 0 Å². The van der Waals surface area contributed by atoms with Crippen molar-refractivity contribution in [2.45, 2.75) is 45.1 Å². The molecule has 0 radical (unpaired) electrons. The summed E-state index contributed by atoms with van der Waals surface area (Å²) >= 11 is 0. The molecule has 0 aromatic rings. The fourth-order valence-electron chi connectivity index (χ4n) is 1.75. The van der Waals surface area contributed by atoms with Crippen molar-refractivity contribution in [1.82, 2.24) is 0 Å². The van der Waals surface area contributed by atoms with Crippen LogP contribution in [0.2, 0.25) is 0 Å². The van der Waals surface area contributed by atoms with Crippen LogP contribution in [0, 0.1) is 5.92 Å². The van der Waals surface area contributed by atoms with Gasteiger partial charge in [-0.1, -0.05) is 20.3 Å². The topological polar surface area (TPSA) is 18.5 Å². The molecule has 0 bridgehead atoms. The van der Waals surface area contributed by atoms with Crippen LogP contribution in [0.15, 0.2) is 0 Å². The third-order valence-electron chi connectivity index (χ3n) is 3.16. The first-order valence-corrected chi connectivity index (χ1v) is 5.35. The van der Waals surface area contributed by atoms with Gasteiger partial charge in [-0.05, 0) is 18.8 Å². The summed E-state index contributed by atoms with van der Waals surface area (Å²) in [6, 6.07) is 0. The lowest BCUT2D eigenvalue weighted by Gasteiger charge is -2.42. The van der Waals surface area contributed by atoms with Crippen LogP contribution in [-0.2, 0) is 9.47 Å². The summed E-state index contributed by atoms with van der Waals surface area (Å²) in [7, 11) is 1.76. The minimum atomic E-state index is 0.0815. The zero-order chi connectivity index (χ0) is 9.73. The average Bonchev–Trinajstić information content (AvgIpc) is 2.09. The number of rotatable bonds is 6. The molecule has 1 saturated heterocycles. The summed E-state index contributed by atoms with van der Waals surface area (Å²) in [6.07, 6.45) is 4.87. The molecule has 0 saturated carbocycles. The summed E-state index contributed by atoms with van der Waals surface area (Å²) in [5, 5.41) is 0. The van der Waals surface area contributed by atoms with Gasteiger partial charge in [0.15, 0.2) is 0 Å². The van der Waals surface area contributed by atoms with Crippen LogP contribution < -0.4 is 0 Å². The maximum atomic E-state index is 5.63. The molecule has 13 heavy (non-hydrogen) atoms. The van der Waals surface area contributed by atoms with Crippen molar-refractivity contribution in [3.63, 3.8) is 0 Å². The van der Waals surface area contributed by atoms with Gasteiger partial charge in [-0.3, -0.25) is 0 Å². The van der Waals surface area contributed by atoms with Crippen LogP contribution >= 0.6 is 0 Å². The Morgan fingerprint density at radius 1 is 1.54 bits per heavy atom. The monoisotopic (exact) mass is 186 g/mol. The number of methoxy groups -OCH3 is 1. The van der Waals surface area contributed by atoms with Gasteiger partial charge in [-0.15, -0.1) is 0 Å². The molecule has 1 heterocycles. The van der Waals surface area contributed by atoms with E-state index in [4.69, 9.17) is 9.47 Å². The van der Waals surface area contributed by atoms with Crippen LogP contribution in [0.5, 0.6) is 0 Å². The molecule has 1 fully saturated rings. The molecule has 1 rings (SSSR count). The van der Waals surface area contributed by atoms with E-state index in [1.54, 1.807) is 7.11 Å². The van der Waals surface area contributed by atoms with Gasteiger partial charge in [0.1, 0.15) is 0 Å². The van der Waals surface area contributed by atoms with Crippen molar-refractivity contribution in [3.8, 4) is 0 Å². The zero-order valence-electron chi connectivity index (χ0n) is 9.14. The minimum absolute atomic E-state index is 0.0815. The second-order valence-corrected chi connectivity index (χ2v) is 4.27. The Morgan fingerprint density at radius 3 is 2.62 bits per heavy atom. The Balaban J connectivity index is 2.23. The van der Waals surface area contributed by atoms with Gasteiger partial charge in [0, 0.05) is 13.5 Å². The van der Waals surface area contributed by atoms with E-state index in [1.807, 2.05) is 0 Å². The second kappa shape index (κ2) is 4.97. The fraction of sp³-hybridized carbons (Fsp3) is 1.00. The first-order chi connectivity index (χ1) is 6.22. The molecular weight excluding hydrogens is 164 g/mol. The molecule has 0 amide bonds. The summed E-state index contributed by atoms with van der Waals surface area (Å²) in [5.74, 6) is 0.818. The fourth-order valence-corrected chi connectivity index (χ4v) is 1.75. The van der Waals surface area contributed by atoms with E-state index >= 15 is 0 Å². The van der Waals surface area contributed by atoms with Gasteiger partial charge < -0.3 is 9.47 Å². The third kappa shape index (κ3) is 2.96. The van der Waals surface area contributed by atoms with Gasteiger partial charge in [0.25, 0.3) is 0 Å². The van der Waals surface area contributed by atoms with Crippen LogP contribution in [0.3, 0.4) is 0 Å². The summed E-state index contributed by atoms with van der Waals surface area (Å²) in [6.45, 7) is 6.24. The third-order valence-corrected chi connectivity index (χ3v) is 3.16. The summed E-state index contributed by atoms with van der Waals surface area (Å²) in [5.41, 5.74) is 0.0815. The lowest BCUT2D eigenvalue weighted by atomic mass is 9.87. The highest BCUT2D eigenvalue weighted by molar-refractivity contribution is 4.87. The van der Waals surface area contributed by atoms with Crippen molar-refractivity contribution in [2.75, 3.05) is 20.3 Å². The molecule has 0 aliphatic carbocycles. The Bertz CT molecular complexity index is 141. The van der Waals surface area contributed by atoms with Crippen molar-refractivity contribution in [3.05, 3.63) is 0 Å². The second-order valence-electron chi connectivity index (χ2n) is 4.27. The molecule has 0 spiro atoms. The van der Waals surface area contributed by atoms with E-state index < -0.39 is 0 Å². The number of hydrogen-bond donors (Lipinski definition) is 0. The normalized spacial score (nSPS) is 29.8. The first-order valence-electron chi connectivity index (χ1n) is 5.35. The highest BCUT2D eigenvalue weighted by Crippen LogP contribution is 2.33. The predicted molar refractivity (Wildman–Crippen MR) is 53.9 cm³/mol. The molecule has 2 unspecified atom stereocenters. The Morgan fingerprint density at radius 2 is 2.23 bits per heavy atom. The molecule has 0 aromatic carbocycles. The van der Waals surface area contributed by atoms with E-state index in [1.165, 1.54) is 19.3 Å². The van der Waals surface area contributed by atoms with Gasteiger partial charge in [0.05, 0.1) is 18.8 Å². The van der Waals surface area contributed by atoms with Crippen LogP contribution in [0.25, 0.3) is 0 Å². The molecule has 2 atom stereocenters. The molecule has 1 aliphatic rings. The molecule has 1 aliphatic heterocycles. The lowest BCUT2D eigenvalue weighted by Crippen LogP contribution is -2.47. The predicted octanol–water partition coefficient (Wildman–Crippen LogP) is 2.62. The van der Waals surface area contributed by atoms with Crippen molar-refractivity contribution in [2.24, 2.45) is 5.92 Å². The van der Waals surface area contributed by atoms with Gasteiger partial charge in [0.2, 0.25) is 0 Å². The Hall–Kier alpha value is -0.0800.